The lowest BCUT2D eigenvalue weighted by Gasteiger charge is -2.01. The first-order chi connectivity index (χ1) is 10.4. The molecule has 1 saturated heterocycles. The van der Waals surface area contributed by atoms with Crippen LogP contribution < -0.4 is 5.32 Å². The summed E-state index contributed by atoms with van der Waals surface area (Å²) < 4.78 is 0.547. The second-order valence-corrected chi connectivity index (χ2v) is 6.62. The third-order valence-corrected chi connectivity index (χ3v) is 4.82. The lowest BCUT2D eigenvalue weighted by Crippen LogP contribution is -2.26. The molecule has 2 rings (SSSR count). The molecule has 0 aliphatic carbocycles. The third kappa shape index (κ3) is 4.21. The number of thioether (sulfide) groups is 1. The van der Waals surface area contributed by atoms with E-state index in [0.29, 0.717) is 15.1 Å². The van der Waals surface area contributed by atoms with Gasteiger partial charge >= 0.3 is 5.97 Å². The van der Waals surface area contributed by atoms with E-state index in [1.54, 1.807) is 0 Å². The number of phenols is 1. The van der Waals surface area contributed by atoms with E-state index in [1.165, 1.54) is 18.3 Å². The normalized spacial score (nSPS) is 19.8. The maximum absolute atomic E-state index is 11.5. The monoisotopic (exact) mass is 405 g/mol. The number of nitrogens with one attached hydrogen (secondary N) is 1. The molecule has 1 heterocycles. The van der Waals surface area contributed by atoms with Crippen LogP contribution in [0.1, 0.15) is 12.0 Å². The Kier molecular flexibility index (Phi) is 5.43. The number of nitrogens with zero attached hydrogens (tertiary/aromatic N) is 2. The zero-order valence-electron chi connectivity index (χ0n) is 10.8. The Labute approximate surface area is 142 Å². The molecule has 1 aliphatic rings. The van der Waals surface area contributed by atoms with Crippen LogP contribution in [0.15, 0.2) is 26.8 Å². The fourth-order valence-electron chi connectivity index (χ4n) is 1.54. The number of phenolic OH excluding ortho intramolecular Hbond substituents is 1. The van der Waals surface area contributed by atoms with Crippen LogP contribution >= 0.6 is 39.3 Å². The zero-order chi connectivity index (χ0) is 16.3. The van der Waals surface area contributed by atoms with E-state index in [1.807, 2.05) is 0 Å². The van der Waals surface area contributed by atoms with Gasteiger partial charge in [0.2, 0.25) is 5.91 Å². The molecular formula is C12H9BrClN3O4S. The quantitative estimate of drug-likeness (QED) is 0.524. The number of halogens is 2. The number of rotatable bonds is 4. The lowest BCUT2D eigenvalue weighted by atomic mass is 10.2. The Balaban J connectivity index is 2.08. The minimum Gasteiger partial charge on any atom is -0.507 e. The number of carboxylic acids is 1. The van der Waals surface area contributed by atoms with Gasteiger partial charge in [0.25, 0.3) is 0 Å². The summed E-state index contributed by atoms with van der Waals surface area (Å²) in [6, 6.07) is 2.92. The topological polar surface area (TPSA) is 111 Å². The predicted molar refractivity (Wildman–Crippen MR) is 87.6 cm³/mol. The molecule has 116 valence electrons. The fourth-order valence-corrected chi connectivity index (χ4v) is 2.96. The highest BCUT2D eigenvalue weighted by molar-refractivity contribution is 9.10. The van der Waals surface area contributed by atoms with Gasteiger partial charge in [0.1, 0.15) is 11.0 Å². The van der Waals surface area contributed by atoms with Crippen molar-refractivity contribution in [1.82, 2.24) is 5.32 Å². The minimum absolute atomic E-state index is 0.0351. The highest BCUT2D eigenvalue weighted by Crippen LogP contribution is 2.29. The Morgan fingerprint density at radius 1 is 1.55 bits per heavy atom. The molecule has 1 aromatic carbocycles. The summed E-state index contributed by atoms with van der Waals surface area (Å²) in [5.74, 6) is -1.52. The second kappa shape index (κ2) is 7.12. The Hall–Kier alpha value is -1.58. The van der Waals surface area contributed by atoms with Crippen molar-refractivity contribution in [1.29, 1.82) is 0 Å². The van der Waals surface area contributed by atoms with Crippen molar-refractivity contribution in [2.75, 3.05) is 0 Å². The van der Waals surface area contributed by atoms with Crippen LogP contribution in [0.3, 0.4) is 0 Å². The van der Waals surface area contributed by atoms with E-state index in [9.17, 15) is 14.7 Å². The first-order valence-corrected chi connectivity index (χ1v) is 7.90. The number of carbonyl (C=O) groups excluding carboxylic acids is 1. The maximum atomic E-state index is 11.5. The number of carbonyl (C=O) groups is 2. The van der Waals surface area contributed by atoms with Crippen molar-refractivity contribution in [3.8, 4) is 5.75 Å². The SMILES string of the molecule is O=C(O)CC1SC(=NN=Cc2cc(Cl)c(Br)cc2O)NC1=O. The van der Waals surface area contributed by atoms with Crippen molar-refractivity contribution in [3.05, 3.63) is 27.2 Å². The number of hydrogen-bond acceptors (Lipinski definition) is 6. The van der Waals surface area contributed by atoms with Gasteiger partial charge in [-0.1, -0.05) is 23.4 Å². The highest BCUT2D eigenvalue weighted by atomic mass is 79.9. The number of amides is 1. The van der Waals surface area contributed by atoms with E-state index in [0.717, 1.165) is 11.8 Å². The molecule has 1 fully saturated rings. The maximum Gasteiger partial charge on any atom is 0.305 e. The van der Waals surface area contributed by atoms with Gasteiger partial charge in [0, 0.05) is 10.0 Å². The van der Waals surface area contributed by atoms with Crippen molar-refractivity contribution in [2.24, 2.45) is 10.2 Å². The fraction of sp³-hybridized carbons (Fsp3) is 0.167. The Morgan fingerprint density at radius 3 is 2.95 bits per heavy atom. The molecule has 0 saturated carbocycles. The molecule has 3 N–H and O–H groups in total. The summed E-state index contributed by atoms with van der Waals surface area (Å²) in [7, 11) is 0. The number of aliphatic carboxylic acids is 1. The average Bonchev–Trinajstić information content (AvgIpc) is 2.75. The average molecular weight is 407 g/mol. The van der Waals surface area contributed by atoms with Crippen molar-refractivity contribution >= 4 is 62.6 Å². The van der Waals surface area contributed by atoms with Crippen LogP contribution in [-0.2, 0) is 9.59 Å². The van der Waals surface area contributed by atoms with E-state index in [2.05, 4.69) is 31.4 Å². The molecular weight excluding hydrogens is 398 g/mol. The van der Waals surface area contributed by atoms with E-state index >= 15 is 0 Å². The van der Waals surface area contributed by atoms with Crippen molar-refractivity contribution < 1.29 is 19.8 Å². The molecule has 1 unspecified atom stereocenters. The summed E-state index contributed by atoms with van der Waals surface area (Å²) in [5, 5.41) is 28.2. The predicted octanol–water partition coefficient (Wildman–Crippen LogP) is 2.20. The van der Waals surface area contributed by atoms with E-state index in [4.69, 9.17) is 16.7 Å². The number of carboxylic acid groups (broad SMARTS) is 1. The Morgan fingerprint density at radius 2 is 2.27 bits per heavy atom. The molecule has 1 aromatic rings. The summed E-state index contributed by atoms with van der Waals surface area (Å²) in [6.07, 6.45) is 0.986. The lowest BCUT2D eigenvalue weighted by molar-refractivity contribution is -0.138. The van der Waals surface area contributed by atoms with Crippen LogP contribution in [0.5, 0.6) is 5.75 Å². The van der Waals surface area contributed by atoms with Crippen LogP contribution in [0.25, 0.3) is 0 Å². The molecule has 0 radical (unpaired) electrons. The minimum atomic E-state index is -1.06. The molecule has 7 nitrogen and oxygen atoms in total. The van der Waals surface area contributed by atoms with Gasteiger partial charge in [-0.05, 0) is 28.1 Å². The number of hydrogen-bond donors (Lipinski definition) is 3. The molecule has 22 heavy (non-hydrogen) atoms. The van der Waals surface area contributed by atoms with E-state index in [-0.39, 0.29) is 17.3 Å². The molecule has 0 spiro atoms. The summed E-state index contributed by atoms with van der Waals surface area (Å²) in [5.41, 5.74) is 0.356. The summed E-state index contributed by atoms with van der Waals surface area (Å²) >= 11 is 10.1. The third-order valence-electron chi connectivity index (χ3n) is 2.55. The molecule has 1 amide bonds. The smallest absolute Gasteiger partial charge is 0.305 e. The van der Waals surface area contributed by atoms with Gasteiger partial charge in [-0.3, -0.25) is 9.59 Å². The van der Waals surface area contributed by atoms with Gasteiger partial charge in [-0.15, -0.1) is 5.10 Å². The molecule has 0 aromatic heterocycles. The number of amidine groups is 1. The Bertz CT molecular complexity index is 695. The van der Waals surface area contributed by atoms with Crippen LogP contribution in [-0.4, -0.2) is 38.7 Å². The molecule has 1 atom stereocenters. The van der Waals surface area contributed by atoms with Gasteiger partial charge in [0.15, 0.2) is 5.17 Å². The highest BCUT2D eigenvalue weighted by Gasteiger charge is 2.32. The van der Waals surface area contributed by atoms with Gasteiger partial charge in [0.05, 0.1) is 17.7 Å². The van der Waals surface area contributed by atoms with Gasteiger partial charge in [-0.2, -0.15) is 5.10 Å². The van der Waals surface area contributed by atoms with E-state index < -0.39 is 17.1 Å². The van der Waals surface area contributed by atoms with Gasteiger partial charge < -0.3 is 15.5 Å². The van der Waals surface area contributed by atoms with Crippen molar-refractivity contribution in [3.63, 3.8) is 0 Å². The van der Waals surface area contributed by atoms with Crippen molar-refractivity contribution in [2.45, 2.75) is 11.7 Å². The number of benzene rings is 1. The van der Waals surface area contributed by atoms with Gasteiger partial charge in [-0.25, -0.2) is 0 Å². The van der Waals surface area contributed by atoms with Crippen LogP contribution in [0.4, 0.5) is 0 Å². The zero-order valence-corrected chi connectivity index (χ0v) is 13.9. The standard InChI is InChI=1S/C12H9BrClN3O4S/c13-6-2-8(18)5(1-7(6)14)4-15-17-12-16-11(21)9(22-12)3-10(19)20/h1-2,4,9,18H,3H2,(H,19,20)(H,16,17,21). The molecule has 0 bridgehead atoms. The molecule has 10 heteroatoms. The number of aromatic hydroxyl groups is 1. The largest absolute Gasteiger partial charge is 0.507 e. The molecule has 1 aliphatic heterocycles. The van der Waals surface area contributed by atoms with Crippen LogP contribution in [0, 0.1) is 0 Å². The second-order valence-electron chi connectivity index (χ2n) is 4.17. The first-order valence-electron chi connectivity index (χ1n) is 5.85. The summed E-state index contributed by atoms with van der Waals surface area (Å²) in [6.45, 7) is 0. The van der Waals surface area contributed by atoms with Crippen LogP contribution in [0.2, 0.25) is 5.02 Å². The first kappa shape index (κ1) is 16.8. The summed E-state index contributed by atoms with van der Waals surface area (Å²) in [4.78, 5) is 22.1.